The van der Waals surface area contributed by atoms with Crippen molar-refractivity contribution in [3.8, 4) is 11.5 Å². The van der Waals surface area contributed by atoms with Crippen LogP contribution in [0.15, 0.2) is 40.9 Å². The average molecular weight is 346 g/mol. The number of carbonyl (C=O) groups is 1. The number of benzene rings is 2. The molecule has 0 aromatic heterocycles. The first-order chi connectivity index (χ1) is 8.60. The summed E-state index contributed by atoms with van der Waals surface area (Å²) in [5.41, 5.74) is 0.454. The van der Waals surface area contributed by atoms with Crippen LogP contribution in [-0.4, -0.2) is 6.29 Å². The minimum Gasteiger partial charge on any atom is -0.457 e. The lowest BCUT2D eigenvalue weighted by molar-refractivity contribution is 0.112. The molecule has 0 saturated carbocycles. The van der Waals surface area contributed by atoms with E-state index in [9.17, 15) is 4.79 Å². The molecule has 0 fully saturated rings. The highest BCUT2D eigenvalue weighted by molar-refractivity contribution is 9.10. The Kier molecular flexibility index (Phi) is 4.27. The maximum Gasteiger partial charge on any atom is 0.153 e. The largest absolute Gasteiger partial charge is 0.457 e. The molecule has 92 valence electrons. The van der Waals surface area contributed by atoms with E-state index in [2.05, 4.69) is 15.9 Å². The second-order valence-electron chi connectivity index (χ2n) is 3.48. The fraction of sp³-hybridized carbons (Fsp3) is 0. The lowest BCUT2D eigenvalue weighted by Crippen LogP contribution is -1.90. The predicted octanol–water partition coefficient (Wildman–Crippen LogP) is 5.36. The van der Waals surface area contributed by atoms with Crippen molar-refractivity contribution >= 4 is 45.4 Å². The van der Waals surface area contributed by atoms with Crippen molar-refractivity contribution in [1.82, 2.24) is 0 Å². The van der Waals surface area contributed by atoms with Crippen molar-refractivity contribution in [2.45, 2.75) is 0 Å². The molecule has 0 saturated heterocycles. The smallest absolute Gasteiger partial charge is 0.153 e. The summed E-state index contributed by atoms with van der Waals surface area (Å²) in [6.45, 7) is 0. The molecule has 0 N–H and O–H groups in total. The van der Waals surface area contributed by atoms with Crippen LogP contribution < -0.4 is 4.74 Å². The number of aldehydes is 1. The predicted molar refractivity (Wildman–Crippen MR) is 76.1 cm³/mol. The molecule has 0 radical (unpaired) electrons. The maximum absolute atomic E-state index is 10.9. The highest BCUT2D eigenvalue weighted by Crippen LogP contribution is 2.31. The van der Waals surface area contributed by atoms with Crippen molar-refractivity contribution < 1.29 is 9.53 Å². The van der Waals surface area contributed by atoms with Gasteiger partial charge in [0.15, 0.2) is 6.29 Å². The Labute approximate surface area is 123 Å². The minimum atomic E-state index is 0.402. The standard InChI is InChI=1S/C13H7BrCl2O2/c14-9-1-4-13(8(5-9)7-17)18-10-2-3-11(15)12(16)6-10/h1-7H. The van der Waals surface area contributed by atoms with Gasteiger partial charge in [-0.05, 0) is 30.3 Å². The molecule has 2 aromatic carbocycles. The van der Waals surface area contributed by atoms with Crippen molar-refractivity contribution in [2.24, 2.45) is 0 Å². The van der Waals surface area contributed by atoms with E-state index in [0.717, 1.165) is 10.8 Å². The minimum absolute atomic E-state index is 0.402. The Morgan fingerprint density at radius 2 is 1.83 bits per heavy atom. The van der Waals surface area contributed by atoms with Crippen LogP contribution in [0.5, 0.6) is 11.5 Å². The van der Waals surface area contributed by atoms with E-state index in [-0.39, 0.29) is 0 Å². The number of hydrogen-bond acceptors (Lipinski definition) is 2. The first-order valence-corrected chi connectivity index (χ1v) is 6.52. The summed E-state index contributed by atoms with van der Waals surface area (Å²) < 4.78 is 6.41. The van der Waals surface area contributed by atoms with Crippen LogP contribution in [0.2, 0.25) is 10.0 Å². The topological polar surface area (TPSA) is 26.3 Å². The van der Waals surface area contributed by atoms with Gasteiger partial charge in [-0.25, -0.2) is 0 Å². The van der Waals surface area contributed by atoms with Gasteiger partial charge in [-0.15, -0.1) is 0 Å². The van der Waals surface area contributed by atoms with Gasteiger partial charge in [-0.1, -0.05) is 39.1 Å². The van der Waals surface area contributed by atoms with Crippen LogP contribution >= 0.6 is 39.1 Å². The second-order valence-corrected chi connectivity index (χ2v) is 5.21. The zero-order valence-corrected chi connectivity index (χ0v) is 12.1. The van der Waals surface area contributed by atoms with Crippen LogP contribution in [0.4, 0.5) is 0 Å². The molecule has 0 heterocycles. The Morgan fingerprint density at radius 1 is 1.06 bits per heavy atom. The van der Waals surface area contributed by atoms with E-state index in [1.54, 1.807) is 36.4 Å². The van der Waals surface area contributed by atoms with Gasteiger partial charge in [0.25, 0.3) is 0 Å². The molecular formula is C13H7BrCl2O2. The van der Waals surface area contributed by atoms with Crippen LogP contribution in [0.25, 0.3) is 0 Å². The fourth-order valence-corrected chi connectivity index (χ4v) is 2.04. The third-order valence-electron chi connectivity index (χ3n) is 2.22. The molecule has 5 heteroatoms. The molecule has 0 aliphatic heterocycles. The highest BCUT2D eigenvalue weighted by atomic mass is 79.9. The first kappa shape index (κ1) is 13.4. The van der Waals surface area contributed by atoms with Gasteiger partial charge in [-0.3, -0.25) is 4.79 Å². The molecule has 18 heavy (non-hydrogen) atoms. The molecule has 0 atom stereocenters. The maximum atomic E-state index is 10.9. The van der Waals surface area contributed by atoms with Gasteiger partial charge in [-0.2, -0.15) is 0 Å². The van der Waals surface area contributed by atoms with E-state index in [4.69, 9.17) is 27.9 Å². The van der Waals surface area contributed by atoms with Crippen LogP contribution in [0.3, 0.4) is 0 Å². The quantitative estimate of drug-likeness (QED) is 0.700. The first-order valence-electron chi connectivity index (χ1n) is 4.98. The van der Waals surface area contributed by atoms with Crippen molar-refractivity contribution in [3.63, 3.8) is 0 Å². The van der Waals surface area contributed by atoms with E-state index in [0.29, 0.717) is 27.1 Å². The Bertz CT molecular complexity index is 600. The number of carbonyl (C=O) groups excluding carboxylic acids is 1. The van der Waals surface area contributed by atoms with Gasteiger partial charge in [0.1, 0.15) is 11.5 Å². The SMILES string of the molecule is O=Cc1cc(Br)ccc1Oc1ccc(Cl)c(Cl)c1. The van der Waals surface area contributed by atoms with Gasteiger partial charge in [0.2, 0.25) is 0 Å². The third kappa shape index (κ3) is 3.05. The monoisotopic (exact) mass is 344 g/mol. The summed E-state index contributed by atoms with van der Waals surface area (Å²) >= 11 is 15.0. The summed E-state index contributed by atoms with van der Waals surface area (Å²) in [5, 5.41) is 0.856. The number of halogens is 3. The molecule has 0 bridgehead atoms. The lowest BCUT2D eigenvalue weighted by atomic mass is 10.2. The van der Waals surface area contributed by atoms with Crippen molar-refractivity contribution in [3.05, 3.63) is 56.5 Å². The molecular weight excluding hydrogens is 339 g/mol. The third-order valence-corrected chi connectivity index (χ3v) is 3.45. The molecule has 0 aliphatic carbocycles. The zero-order valence-electron chi connectivity index (χ0n) is 8.99. The normalized spacial score (nSPS) is 10.2. The zero-order chi connectivity index (χ0) is 13.1. The van der Waals surface area contributed by atoms with Crippen LogP contribution in [0, 0.1) is 0 Å². The van der Waals surface area contributed by atoms with E-state index >= 15 is 0 Å². The Morgan fingerprint density at radius 3 is 2.50 bits per heavy atom. The molecule has 2 rings (SSSR count). The molecule has 0 unspecified atom stereocenters. The van der Waals surface area contributed by atoms with Gasteiger partial charge in [0, 0.05) is 10.5 Å². The van der Waals surface area contributed by atoms with E-state index in [1.807, 2.05) is 0 Å². The molecule has 2 aromatic rings. The highest BCUT2D eigenvalue weighted by Gasteiger charge is 2.06. The summed E-state index contributed by atoms with van der Waals surface area (Å²) in [7, 11) is 0. The van der Waals surface area contributed by atoms with Crippen molar-refractivity contribution in [1.29, 1.82) is 0 Å². The lowest BCUT2D eigenvalue weighted by Gasteiger charge is -2.09. The summed E-state index contributed by atoms with van der Waals surface area (Å²) in [5.74, 6) is 0.987. The summed E-state index contributed by atoms with van der Waals surface area (Å²) in [6.07, 6.45) is 0.734. The fourth-order valence-electron chi connectivity index (χ4n) is 1.37. The Balaban J connectivity index is 2.33. The molecule has 2 nitrogen and oxygen atoms in total. The molecule has 0 spiro atoms. The van der Waals surface area contributed by atoms with Gasteiger partial charge in [0.05, 0.1) is 15.6 Å². The van der Waals surface area contributed by atoms with Crippen LogP contribution in [-0.2, 0) is 0 Å². The van der Waals surface area contributed by atoms with E-state index < -0.39 is 0 Å². The van der Waals surface area contributed by atoms with Gasteiger partial charge < -0.3 is 4.74 Å². The summed E-state index contributed by atoms with van der Waals surface area (Å²) in [4.78, 5) is 10.9. The summed E-state index contributed by atoms with van der Waals surface area (Å²) in [6, 6.07) is 10.1. The number of hydrogen-bond donors (Lipinski definition) is 0. The van der Waals surface area contributed by atoms with Gasteiger partial charge >= 0.3 is 0 Å². The Hall–Kier alpha value is -1.03. The molecule has 0 amide bonds. The van der Waals surface area contributed by atoms with Crippen molar-refractivity contribution in [2.75, 3.05) is 0 Å². The second kappa shape index (κ2) is 5.74. The van der Waals surface area contributed by atoms with E-state index in [1.165, 1.54) is 0 Å². The number of ether oxygens (including phenoxy) is 1. The molecule has 0 aliphatic rings. The average Bonchev–Trinajstić information content (AvgIpc) is 2.36. The number of rotatable bonds is 3. The van der Waals surface area contributed by atoms with Crippen LogP contribution in [0.1, 0.15) is 10.4 Å².